The molecule has 6 nitrogen and oxygen atoms in total. The molecule has 1 aromatic heterocycles. The van der Waals surface area contributed by atoms with Crippen molar-refractivity contribution in [2.24, 2.45) is 0 Å². The summed E-state index contributed by atoms with van der Waals surface area (Å²) in [7, 11) is 1.69. The minimum absolute atomic E-state index is 0.623. The molecule has 3 aromatic rings. The number of rotatable bonds is 7. The lowest BCUT2D eigenvalue weighted by Crippen LogP contribution is -2.46. The second-order valence-corrected chi connectivity index (χ2v) is 7.15. The van der Waals surface area contributed by atoms with E-state index in [1.807, 2.05) is 36.5 Å². The molecular weight excluding hydrogens is 362 g/mol. The van der Waals surface area contributed by atoms with Crippen LogP contribution in [0, 0.1) is 0 Å². The van der Waals surface area contributed by atoms with Crippen LogP contribution < -0.4 is 15.0 Å². The number of anilines is 2. The van der Waals surface area contributed by atoms with E-state index in [-0.39, 0.29) is 0 Å². The Kier molecular flexibility index (Phi) is 6.22. The molecule has 6 heteroatoms. The fourth-order valence-corrected chi connectivity index (χ4v) is 3.61. The Hall–Kier alpha value is -3.12. The van der Waals surface area contributed by atoms with Gasteiger partial charge in [-0.3, -0.25) is 4.90 Å². The average Bonchev–Trinajstić information content (AvgIpc) is 2.79. The lowest BCUT2D eigenvalue weighted by Gasteiger charge is -2.35. The van der Waals surface area contributed by atoms with Crippen LogP contribution in [0.3, 0.4) is 0 Å². The van der Waals surface area contributed by atoms with E-state index in [0.29, 0.717) is 12.5 Å². The van der Waals surface area contributed by atoms with Crippen LogP contribution in [-0.4, -0.2) is 48.2 Å². The molecule has 2 heterocycles. The van der Waals surface area contributed by atoms with Gasteiger partial charge in [-0.05, 0) is 17.7 Å². The number of hydrogen-bond donors (Lipinski definition) is 1. The highest BCUT2D eigenvalue weighted by Gasteiger charge is 2.18. The van der Waals surface area contributed by atoms with E-state index in [4.69, 9.17) is 9.72 Å². The highest BCUT2D eigenvalue weighted by atomic mass is 16.5. The predicted molar refractivity (Wildman–Crippen MR) is 116 cm³/mol. The molecule has 0 bridgehead atoms. The standard InChI is InChI=1S/C23H27N5O/c1-29-21-10-6-5-9-20(21)17-25-23-24-12-11-22(26-23)28-15-13-27(14-16-28)18-19-7-3-2-4-8-19/h2-12H,13-18H2,1H3,(H,24,25,26). The van der Waals surface area contributed by atoms with E-state index >= 15 is 0 Å². The van der Waals surface area contributed by atoms with Gasteiger partial charge in [0.2, 0.25) is 5.95 Å². The van der Waals surface area contributed by atoms with E-state index in [9.17, 15) is 0 Å². The number of nitrogens with zero attached hydrogens (tertiary/aromatic N) is 4. The first kappa shape index (κ1) is 19.2. The van der Waals surface area contributed by atoms with Crippen LogP contribution in [0.1, 0.15) is 11.1 Å². The van der Waals surface area contributed by atoms with Crippen molar-refractivity contribution in [2.45, 2.75) is 13.1 Å². The van der Waals surface area contributed by atoms with Crippen LogP contribution in [0.5, 0.6) is 5.75 Å². The Bertz CT molecular complexity index is 910. The van der Waals surface area contributed by atoms with Crippen molar-refractivity contribution in [3.63, 3.8) is 0 Å². The molecule has 4 rings (SSSR count). The van der Waals surface area contributed by atoms with Crippen LogP contribution in [0.15, 0.2) is 66.9 Å². The summed E-state index contributed by atoms with van der Waals surface area (Å²) >= 11 is 0. The van der Waals surface area contributed by atoms with Crippen molar-refractivity contribution >= 4 is 11.8 Å². The molecule has 1 fully saturated rings. The second kappa shape index (κ2) is 9.39. The second-order valence-electron chi connectivity index (χ2n) is 7.15. The summed E-state index contributed by atoms with van der Waals surface area (Å²) in [5, 5.41) is 3.32. The Labute approximate surface area is 172 Å². The molecule has 1 aliphatic heterocycles. The molecule has 1 N–H and O–H groups in total. The van der Waals surface area contributed by atoms with E-state index in [1.54, 1.807) is 7.11 Å². The zero-order chi connectivity index (χ0) is 19.9. The van der Waals surface area contributed by atoms with Crippen molar-refractivity contribution in [2.75, 3.05) is 43.5 Å². The van der Waals surface area contributed by atoms with Crippen LogP contribution >= 0.6 is 0 Å². The predicted octanol–water partition coefficient (Wildman–Crippen LogP) is 3.42. The summed E-state index contributed by atoms with van der Waals surface area (Å²) in [6.07, 6.45) is 1.82. The van der Waals surface area contributed by atoms with E-state index < -0.39 is 0 Å². The first-order chi connectivity index (χ1) is 14.3. The molecule has 0 atom stereocenters. The van der Waals surface area contributed by atoms with Crippen LogP contribution in [0.2, 0.25) is 0 Å². The average molecular weight is 390 g/mol. The third-order valence-corrected chi connectivity index (χ3v) is 5.22. The Morgan fingerprint density at radius 3 is 2.48 bits per heavy atom. The minimum atomic E-state index is 0.623. The molecule has 0 aliphatic carbocycles. The van der Waals surface area contributed by atoms with Crippen molar-refractivity contribution in [3.05, 3.63) is 78.0 Å². The van der Waals surface area contributed by atoms with Crippen LogP contribution in [0.4, 0.5) is 11.8 Å². The molecule has 1 aliphatic rings. The Morgan fingerprint density at radius 2 is 1.69 bits per heavy atom. The number of para-hydroxylation sites is 1. The molecular formula is C23H27N5O. The molecule has 0 spiro atoms. The van der Waals surface area contributed by atoms with E-state index in [0.717, 1.165) is 49.9 Å². The lowest BCUT2D eigenvalue weighted by molar-refractivity contribution is 0.249. The zero-order valence-electron chi connectivity index (χ0n) is 16.8. The van der Waals surface area contributed by atoms with Crippen molar-refractivity contribution in [1.82, 2.24) is 14.9 Å². The maximum atomic E-state index is 5.41. The highest BCUT2D eigenvalue weighted by molar-refractivity contribution is 5.44. The third-order valence-electron chi connectivity index (χ3n) is 5.22. The van der Waals surface area contributed by atoms with Gasteiger partial charge in [0, 0.05) is 51.0 Å². The van der Waals surface area contributed by atoms with Gasteiger partial charge in [0.25, 0.3) is 0 Å². The summed E-state index contributed by atoms with van der Waals surface area (Å²) in [4.78, 5) is 13.9. The SMILES string of the molecule is COc1ccccc1CNc1nccc(N2CCN(Cc3ccccc3)CC2)n1. The van der Waals surface area contributed by atoms with E-state index in [2.05, 4.69) is 50.4 Å². The number of hydrogen-bond acceptors (Lipinski definition) is 6. The monoisotopic (exact) mass is 389 g/mol. The number of aromatic nitrogens is 2. The highest BCUT2D eigenvalue weighted by Crippen LogP contribution is 2.19. The molecule has 0 amide bonds. The van der Waals surface area contributed by atoms with Gasteiger partial charge in [0.05, 0.1) is 7.11 Å². The van der Waals surface area contributed by atoms with Crippen molar-refractivity contribution < 1.29 is 4.74 Å². The molecule has 1 saturated heterocycles. The van der Waals surface area contributed by atoms with Gasteiger partial charge in [0.15, 0.2) is 0 Å². The topological polar surface area (TPSA) is 53.5 Å². The number of nitrogens with one attached hydrogen (secondary N) is 1. The maximum absolute atomic E-state index is 5.41. The summed E-state index contributed by atoms with van der Waals surface area (Å²) < 4.78 is 5.41. The van der Waals surface area contributed by atoms with Gasteiger partial charge < -0.3 is 15.0 Å². The number of methoxy groups -OCH3 is 1. The van der Waals surface area contributed by atoms with Gasteiger partial charge in [-0.2, -0.15) is 4.98 Å². The molecule has 0 radical (unpaired) electrons. The largest absolute Gasteiger partial charge is 0.496 e. The maximum Gasteiger partial charge on any atom is 0.224 e. The van der Waals surface area contributed by atoms with Crippen molar-refractivity contribution in [1.29, 1.82) is 0 Å². The van der Waals surface area contributed by atoms with Gasteiger partial charge in [0.1, 0.15) is 11.6 Å². The molecule has 29 heavy (non-hydrogen) atoms. The summed E-state index contributed by atoms with van der Waals surface area (Å²) in [6.45, 7) is 5.62. The Balaban J connectivity index is 1.33. The molecule has 0 saturated carbocycles. The summed E-state index contributed by atoms with van der Waals surface area (Å²) in [5.74, 6) is 2.48. The smallest absolute Gasteiger partial charge is 0.224 e. The lowest BCUT2D eigenvalue weighted by atomic mass is 10.2. The fraction of sp³-hybridized carbons (Fsp3) is 0.304. The number of benzene rings is 2. The van der Waals surface area contributed by atoms with Crippen LogP contribution in [-0.2, 0) is 13.1 Å². The first-order valence-electron chi connectivity index (χ1n) is 10.0. The third kappa shape index (κ3) is 5.03. The first-order valence-corrected chi connectivity index (χ1v) is 10.0. The quantitative estimate of drug-likeness (QED) is 0.668. The molecule has 0 unspecified atom stereocenters. The molecule has 2 aromatic carbocycles. The zero-order valence-corrected chi connectivity index (χ0v) is 16.8. The van der Waals surface area contributed by atoms with E-state index in [1.165, 1.54) is 5.56 Å². The van der Waals surface area contributed by atoms with Gasteiger partial charge in [-0.1, -0.05) is 48.5 Å². The normalized spacial score (nSPS) is 14.6. The summed E-state index contributed by atoms with van der Waals surface area (Å²) in [5.41, 5.74) is 2.45. The fourth-order valence-electron chi connectivity index (χ4n) is 3.61. The van der Waals surface area contributed by atoms with Gasteiger partial charge >= 0.3 is 0 Å². The molecule has 150 valence electrons. The summed E-state index contributed by atoms with van der Waals surface area (Å²) in [6, 6.07) is 20.6. The van der Waals surface area contributed by atoms with Crippen molar-refractivity contribution in [3.8, 4) is 5.75 Å². The van der Waals surface area contributed by atoms with Crippen LogP contribution in [0.25, 0.3) is 0 Å². The minimum Gasteiger partial charge on any atom is -0.496 e. The van der Waals surface area contributed by atoms with Gasteiger partial charge in [-0.25, -0.2) is 4.98 Å². The number of piperazine rings is 1. The number of ether oxygens (including phenoxy) is 1. The Morgan fingerprint density at radius 1 is 0.931 bits per heavy atom. The van der Waals surface area contributed by atoms with Gasteiger partial charge in [-0.15, -0.1) is 0 Å².